The Bertz CT molecular complexity index is 167. The number of nitrogens with one attached hydrogen (secondary N) is 1. The van der Waals surface area contributed by atoms with Gasteiger partial charge in [0, 0.05) is 0 Å². The number of carbonyl (C=O) groups is 1. The Morgan fingerprint density at radius 1 is 1.29 bits per heavy atom. The van der Waals surface area contributed by atoms with Crippen LogP contribution in [0.4, 0.5) is 0 Å². The highest BCUT2D eigenvalue weighted by Crippen LogP contribution is 2.04. The van der Waals surface area contributed by atoms with Crippen molar-refractivity contribution in [2.24, 2.45) is 11.8 Å². The summed E-state index contributed by atoms with van der Waals surface area (Å²) in [6.07, 6.45) is 0. The number of esters is 1. The molecular formula is C11H23NO2. The molecule has 1 atom stereocenters. The Labute approximate surface area is 87.2 Å². The van der Waals surface area contributed by atoms with Gasteiger partial charge < -0.3 is 10.1 Å². The maximum atomic E-state index is 11.5. The van der Waals surface area contributed by atoms with Crippen molar-refractivity contribution in [2.45, 2.75) is 40.7 Å². The molecule has 0 aliphatic carbocycles. The number of carbonyl (C=O) groups excluding carboxylic acids is 1. The van der Waals surface area contributed by atoms with Crippen LogP contribution in [0.2, 0.25) is 0 Å². The zero-order chi connectivity index (χ0) is 11.1. The van der Waals surface area contributed by atoms with Crippen LogP contribution < -0.4 is 5.32 Å². The van der Waals surface area contributed by atoms with Crippen LogP contribution in [0.3, 0.4) is 0 Å². The lowest BCUT2D eigenvalue weighted by Crippen LogP contribution is -2.43. The molecule has 84 valence electrons. The van der Waals surface area contributed by atoms with Gasteiger partial charge in [-0.05, 0) is 25.3 Å². The Morgan fingerprint density at radius 2 is 1.86 bits per heavy atom. The lowest BCUT2D eigenvalue weighted by Gasteiger charge is -2.21. The van der Waals surface area contributed by atoms with Gasteiger partial charge in [0.05, 0.1) is 6.61 Å². The van der Waals surface area contributed by atoms with Gasteiger partial charge in [-0.15, -0.1) is 0 Å². The summed E-state index contributed by atoms with van der Waals surface area (Å²) in [5.74, 6) is 0.682. The van der Waals surface area contributed by atoms with Gasteiger partial charge in [0.2, 0.25) is 0 Å². The molecular weight excluding hydrogens is 178 g/mol. The third-order valence-corrected chi connectivity index (χ3v) is 1.95. The van der Waals surface area contributed by atoms with Crippen LogP contribution in [0, 0.1) is 11.8 Å². The molecule has 14 heavy (non-hydrogen) atoms. The van der Waals surface area contributed by atoms with Crippen LogP contribution in [-0.4, -0.2) is 25.2 Å². The van der Waals surface area contributed by atoms with Gasteiger partial charge >= 0.3 is 5.97 Å². The van der Waals surface area contributed by atoms with Crippen LogP contribution in [0.25, 0.3) is 0 Å². The van der Waals surface area contributed by atoms with E-state index in [0.717, 1.165) is 6.54 Å². The van der Waals surface area contributed by atoms with E-state index in [0.29, 0.717) is 12.5 Å². The van der Waals surface area contributed by atoms with Crippen LogP contribution in [0.15, 0.2) is 0 Å². The minimum atomic E-state index is -0.169. The lowest BCUT2D eigenvalue weighted by molar-refractivity contribution is -0.146. The summed E-state index contributed by atoms with van der Waals surface area (Å²) in [5, 5.41) is 3.23. The quantitative estimate of drug-likeness (QED) is 0.666. The highest BCUT2D eigenvalue weighted by molar-refractivity contribution is 5.76. The second kappa shape index (κ2) is 6.82. The summed E-state index contributed by atoms with van der Waals surface area (Å²) in [7, 11) is 0. The molecule has 0 aliphatic heterocycles. The Hall–Kier alpha value is -0.570. The normalized spacial score (nSPS) is 13.4. The molecule has 0 spiro atoms. The first-order valence-electron chi connectivity index (χ1n) is 5.39. The maximum Gasteiger partial charge on any atom is 0.323 e. The van der Waals surface area contributed by atoms with Crippen molar-refractivity contribution in [3.8, 4) is 0 Å². The van der Waals surface area contributed by atoms with Crippen LogP contribution in [0.5, 0.6) is 0 Å². The van der Waals surface area contributed by atoms with E-state index in [1.54, 1.807) is 0 Å². The van der Waals surface area contributed by atoms with Crippen molar-refractivity contribution in [1.82, 2.24) is 5.32 Å². The van der Waals surface area contributed by atoms with Gasteiger partial charge in [-0.25, -0.2) is 0 Å². The fraction of sp³-hybridized carbons (Fsp3) is 0.909. The number of hydrogen-bond acceptors (Lipinski definition) is 3. The molecule has 0 saturated carbocycles. The standard InChI is InChI=1S/C11H23NO2/c1-6-14-11(13)10(9(4)5)12-7-8(2)3/h8-10,12H,6-7H2,1-5H3. The van der Waals surface area contributed by atoms with Gasteiger partial charge in [-0.3, -0.25) is 4.79 Å². The second-order valence-electron chi connectivity index (χ2n) is 4.28. The van der Waals surface area contributed by atoms with E-state index in [1.165, 1.54) is 0 Å². The lowest BCUT2D eigenvalue weighted by atomic mass is 10.0. The molecule has 0 aromatic carbocycles. The smallest absolute Gasteiger partial charge is 0.323 e. The van der Waals surface area contributed by atoms with Gasteiger partial charge in [0.15, 0.2) is 0 Å². The predicted octanol–water partition coefficient (Wildman–Crippen LogP) is 1.82. The highest BCUT2D eigenvalue weighted by atomic mass is 16.5. The minimum Gasteiger partial charge on any atom is -0.465 e. The molecule has 3 nitrogen and oxygen atoms in total. The van der Waals surface area contributed by atoms with Crippen LogP contribution in [-0.2, 0) is 9.53 Å². The number of ether oxygens (including phenoxy) is 1. The number of hydrogen-bond donors (Lipinski definition) is 1. The van der Waals surface area contributed by atoms with E-state index < -0.39 is 0 Å². The van der Waals surface area contributed by atoms with Gasteiger partial charge in [-0.1, -0.05) is 27.7 Å². The topological polar surface area (TPSA) is 38.3 Å². The fourth-order valence-corrected chi connectivity index (χ4v) is 1.19. The molecule has 3 heteroatoms. The highest BCUT2D eigenvalue weighted by Gasteiger charge is 2.22. The van der Waals surface area contributed by atoms with Crippen LogP contribution >= 0.6 is 0 Å². The molecule has 0 heterocycles. The summed E-state index contributed by atoms with van der Waals surface area (Å²) in [4.78, 5) is 11.5. The van der Waals surface area contributed by atoms with Gasteiger partial charge in [0.25, 0.3) is 0 Å². The van der Waals surface area contributed by atoms with Crippen molar-refractivity contribution in [3.63, 3.8) is 0 Å². The first kappa shape index (κ1) is 13.4. The zero-order valence-corrected chi connectivity index (χ0v) is 9.96. The molecule has 0 bridgehead atoms. The molecule has 0 fully saturated rings. The number of rotatable bonds is 6. The maximum absolute atomic E-state index is 11.5. The summed E-state index contributed by atoms with van der Waals surface area (Å²) >= 11 is 0. The third kappa shape index (κ3) is 5.22. The Morgan fingerprint density at radius 3 is 2.21 bits per heavy atom. The van der Waals surface area contributed by atoms with Crippen molar-refractivity contribution in [2.75, 3.05) is 13.2 Å². The minimum absolute atomic E-state index is 0.136. The molecule has 0 aliphatic rings. The van der Waals surface area contributed by atoms with E-state index >= 15 is 0 Å². The van der Waals surface area contributed by atoms with Crippen molar-refractivity contribution in [1.29, 1.82) is 0 Å². The summed E-state index contributed by atoms with van der Waals surface area (Å²) < 4.78 is 5.00. The van der Waals surface area contributed by atoms with E-state index in [1.807, 2.05) is 20.8 Å². The SMILES string of the molecule is CCOC(=O)C(NCC(C)C)C(C)C. The molecule has 0 aromatic rings. The summed E-state index contributed by atoms with van der Waals surface area (Å²) in [6, 6.07) is -0.169. The fourth-order valence-electron chi connectivity index (χ4n) is 1.19. The summed E-state index contributed by atoms with van der Waals surface area (Å²) in [6.45, 7) is 11.4. The zero-order valence-electron chi connectivity index (χ0n) is 9.96. The summed E-state index contributed by atoms with van der Waals surface area (Å²) in [5.41, 5.74) is 0. The van der Waals surface area contributed by atoms with Crippen molar-refractivity contribution < 1.29 is 9.53 Å². The van der Waals surface area contributed by atoms with Crippen molar-refractivity contribution in [3.05, 3.63) is 0 Å². The molecule has 0 aromatic heterocycles. The predicted molar refractivity (Wildman–Crippen MR) is 58.1 cm³/mol. The largest absolute Gasteiger partial charge is 0.465 e. The monoisotopic (exact) mass is 201 g/mol. The molecule has 0 amide bonds. The van der Waals surface area contributed by atoms with Gasteiger partial charge in [-0.2, -0.15) is 0 Å². The van der Waals surface area contributed by atoms with E-state index in [2.05, 4.69) is 19.2 Å². The first-order chi connectivity index (χ1) is 6.49. The van der Waals surface area contributed by atoms with E-state index in [4.69, 9.17) is 4.74 Å². The van der Waals surface area contributed by atoms with Crippen molar-refractivity contribution >= 4 is 5.97 Å². The van der Waals surface area contributed by atoms with Gasteiger partial charge in [0.1, 0.15) is 6.04 Å². The Kier molecular flexibility index (Phi) is 6.54. The molecule has 1 unspecified atom stereocenters. The molecule has 0 rings (SSSR count). The Balaban J connectivity index is 4.08. The third-order valence-electron chi connectivity index (χ3n) is 1.95. The average Bonchev–Trinajstić information content (AvgIpc) is 2.03. The van der Waals surface area contributed by atoms with E-state index in [-0.39, 0.29) is 17.9 Å². The van der Waals surface area contributed by atoms with E-state index in [9.17, 15) is 4.79 Å². The first-order valence-corrected chi connectivity index (χ1v) is 5.39. The molecule has 0 saturated heterocycles. The molecule has 1 N–H and O–H groups in total. The second-order valence-corrected chi connectivity index (χ2v) is 4.28. The molecule has 0 radical (unpaired) electrons. The average molecular weight is 201 g/mol. The van der Waals surface area contributed by atoms with Crippen LogP contribution in [0.1, 0.15) is 34.6 Å².